The third-order valence-electron chi connectivity index (χ3n) is 3.01. The molecule has 1 aromatic carbocycles. The van der Waals surface area contributed by atoms with E-state index in [9.17, 15) is 8.78 Å². The second kappa shape index (κ2) is 6.23. The maximum absolute atomic E-state index is 13.3. The zero-order valence-electron chi connectivity index (χ0n) is 10.6. The normalized spacial score (nSPS) is 12.9. The summed E-state index contributed by atoms with van der Waals surface area (Å²) in [5, 5.41) is 2.00. The van der Waals surface area contributed by atoms with Crippen LogP contribution in [-0.4, -0.2) is 18.5 Å². The zero-order chi connectivity index (χ0) is 13.8. The summed E-state index contributed by atoms with van der Waals surface area (Å²) < 4.78 is 26.5. The van der Waals surface area contributed by atoms with Gasteiger partial charge in [0.05, 0.1) is 0 Å². The van der Waals surface area contributed by atoms with Gasteiger partial charge in [-0.05, 0) is 36.2 Å². The van der Waals surface area contributed by atoms with Crippen molar-refractivity contribution in [1.29, 1.82) is 0 Å². The van der Waals surface area contributed by atoms with Crippen LogP contribution in [0.4, 0.5) is 8.78 Å². The Morgan fingerprint density at radius 3 is 2.47 bits per heavy atom. The Bertz CT molecular complexity index is 508. The molecule has 0 fully saturated rings. The minimum Gasteiger partial charge on any atom is -0.329 e. The zero-order valence-corrected chi connectivity index (χ0v) is 11.5. The van der Waals surface area contributed by atoms with Gasteiger partial charge in [-0.1, -0.05) is 6.07 Å². The van der Waals surface area contributed by atoms with Crippen molar-refractivity contribution >= 4 is 11.3 Å². The number of hydrogen-bond donors (Lipinski definition) is 1. The Balaban J connectivity index is 2.18. The van der Waals surface area contributed by atoms with Crippen molar-refractivity contribution in [1.82, 2.24) is 4.90 Å². The van der Waals surface area contributed by atoms with Gasteiger partial charge in [-0.15, -0.1) is 11.3 Å². The van der Waals surface area contributed by atoms with Gasteiger partial charge in [0, 0.05) is 30.1 Å². The summed E-state index contributed by atoms with van der Waals surface area (Å²) in [5.41, 5.74) is 6.32. The lowest BCUT2D eigenvalue weighted by Gasteiger charge is -2.27. The van der Waals surface area contributed by atoms with Crippen molar-refractivity contribution in [2.45, 2.75) is 12.6 Å². The van der Waals surface area contributed by atoms with Gasteiger partial charge >= 0.3 is 0 Å². The fourth-order valence-electron chi connectivity index (χ4n) is 2.10. The van der Waals surface area contributed by atoms with Gasteiger partial charge in [-0.25, -0.2) is 8.78 Å². The number of nitrogens with two attached hydrogens (primary N) is 1. The van der Waals surface area contributed by atoms with E-state index in [0.717, 1.165) is 6.07 Å². The smallest absolute Gasteiger partial charge is 0.126 e. The van der Waals surface area contributed by atoms with Gasteiger partial charge in [0.15, 0.2) is 0 Å². The van der Waals surface area contributed by atoms with E-state index in [1.165, 1.54) is 17.0 Å². The second-order valence-electron chi connectivity index (χ2n) is 4.45. The quantitative estimate of drug-likeness (QED) is 0.912. The number of rotatable bonds is 5. The standard InChI is InChI=1S/C14H16F2N2S/c1-18(9-13-3-2-4-19-13)14(8-17)10-5-11(15)7-12(16)6-10/h2-7,14H,8-9,17H2,1H3. The van der Waals surface area contributed by atoms with Crippen LogP contribution >= 0.6 is 11.3 Å². The van der Waals surface area contributed by atoms with Crippen LogP contribution < -0.4 is 5.73 Å². The Morgan fingerprint density at radius 1 is 1.26 bits per heavy atom. The number of halogens is 2. The first-order chi connectivity index (χ1) is 9.10. The lowest BCUT2D eigenvalue weighted by Crippen LogP contribution is -2.30. The first-order valence-electron chi connectivity index (χ1n) is 5.99. The molecule has 0 amide bonds. The van der Waals surface area contributed by atoms with Crippen LogP contribution in [0.5, 0.6) is 0 Å². The van der Waals surface area contributed by atoms with E-state index in [-0.39, 0.29) is 6.04 Å². The van der Waals surface area contributed by atoms with Gasteiger partial charge < -0.3 is 5.73 Å². The lowest BCUT2D eigenvalue weighted by atomic mass is 10.1. The van der Waals surface area contributed by atoms with Crippen LogP contribution in [0, 0.1) is 11.6 Å². The summed E-state index contributed by atoms with van der Waals surface area (Å²) in [6.45, 7) is 1.02. The molecule has 1 unspecified atom stereocenters. The fraction of sp³-hybridized carbons (Fsp3) is 0.286. The fourth-order valence-corrected chi connectivity index (χ4v) is 2.86. The molecule has 5 heteroatoms. The Morgan fingerprint density at radius 2 is 1.95 bits per heavy atom. The molecule has 19 heavy (non-hydrogen) atoms. The van der Waals surface area contributed by atoms with E-state index in [2.05, 4.69) is 0 Å². The van der Waals surface area contributed by atoms with Crippen LogP contribution in [0.2, 0.25) is 0 Å². The molecule has 2 nitrogen and oxygen atoms in total. The van der Waals surface area contributed by atoms with Crippen molar-refractivity contribution in [2.24, 2.45) is 5.73 Å². The largest absolute Gasteiger partial charge is 0.329 e. The lowest BCUT2D eigenvalue weighted by molar-refractivity contribution is 0.243. The first-order valence-corrected chi connectivity index (χ1v) is 6.87. The molecule has 0 aliphatic heterocycles. The molecule has 0 radical (unpaired) electrons. The topological polar surface area (TPSA) is 29.3 Å². The molecule has 1 aromatic heterocycles. The number of likely N-dealkylation sites (N-methyl/N-ethyl adjacent to an activating group) is 1. The monoisotopic (exact) mass is 282 g/mol. The molecule has 0 aliphatic carbocycles. The molecule has 102 valence electrons. The average Bonchev–Trinajstić information content (AvgIpc) is 2.81. The molecule has 0 spiro atoms. The van der Waals surface area contributed by atoms with E-state index in [1.54, 1.807) is 11.3 Å². The maximum atomic E-state index is 13.3. The highest BCUT2D eigenvalue weighted by Gasteiger charge is 2.17. The molecular weight excluding hydrogens is 266 g/mol. The van der Waals surface area contributed by atoms with Crippen LogP contribution in [0.3, 0.4) is 0 Å². The highest BCUT2D eigenvalue weighted by molar-refractivity contribution is 7.09. The van der Waals surface area contributed by atoms with E-state index in [4.69, 9.17) is 5.73 Å². The van der Waals surface area contributed by atoms with Gasteiger partial charge in [-0.2, -0.15) is 0 Å². The highest BCUT2D eigenvalue weighted by atomic mass is 32.1. The van der Waals surface area contributed by atoms with E-state index < -0.39 is 11.6 Å². The number of thiophene rings is 1. The molecule has 2 aromatic rings. The van der Waals surface area contributed by atoms with Crippen LogP contribution in [0.15, 0.2) is 35.7 Å². The van der Waals surface area contributed by atoms with Crippen LogP contribution in [0.25, 0.3) is 0 Å². The predicted molar refractivity (Wildman–Crippen MR) is 73.9 cm³/mol. The molecular formula is C14H16F2N2S. The van der Waals surface area contributed by atoms with Gasteiger partial charge in [0.25, 0.3) is 0 Å². The van der Waals surface area contributed by atoms with Gasteiger partial charge in [0.1, 0.15) is 11.6 Å². The van der Waals surface area contributed by atoms with Crippen molar-refractivity contribution < 1.29 is 8.78 Å². The second-order valence-corrected chi connectivity index (χ2v) is 5.48. The summed E-state index contributed by atoms with van der Waals surface area (Å²) in [6, 6.07) is 7.36. The SMILES string of the molecule is CN(Cc1cccs1)C(CN)c1cc(F)cc(F)c1. The number of nitrogens with zero attached hydrogens (tertiary/aromatic N) is 1. The van der Waals surface area contributed by atoms with E-state index in [1.807, 2.05) is 29.5 Å². The third-order valence-corrected chi connectivity index (χ3v) is 3.87. The van der Waals surface area contributed by atoms with Crippen molar-refractivity contribution in [3.63, 3.8) is 0 Å². The summed E-state index contributed by atoms with van der Waals surface area (Å²) in [4.78, 5) is 3.19. The maximum Gasteiger partial charge on any atom is 0.126 e. The minimum atomic E-state index is -0.571. The van der Waals surface area contributed by atoms with Crippen molar-refractivity contribution in [3.8, 4) is 0 Å². The number of benzene rings is 1. The van der Waals surface area contributed by atoms with Gasteiger partial charge in [0.2, 0.25) is 0 Å². The Kier molecular flexibility index (Phi) is 4.63. The van der Waals surface area contributed by atoms with Crippen LogP contribution in [0.1, 0.15) is 16.5 Å². The summed E-state index contributed by atoms with van der Waals surface area (Å²) in [6.07, 6.45) is 0. The number of hydrogen-bond acceptors (Lipinski definition) is 3. The molecule has 2 N–H and O–H groups in total. The van der Waals surface area contributed by atoms with E-state index in [0.29, 0.717) is 18.7 Å². The minimum absolute atomic E-state index is 0.202. The summed E-state index contributed by atoms with van der Waals surface area (Å²) in [5.74, 6) is -1.14. The molecule has 1 atom stereocenters. The third kappa shape index (κ3) is 3.59. The molecule has 0 aliphatic rings. The van der Waals surface area contributed by atoms with Gasteiger partial charge in [-0.3, -0.25) is 4.90 Å². The predicted octanol–water partition coefficient (Wildman–Crippen LogP) is 3.16. The summed E-state index contributed by atoms with van der Waals surface area (Å²) >= 11 is 1.65. The molecule has 0 saturated carbocycles. The Labute approximate surface area is 115 Å². The summed E-state index contributed by atoms with van der Waals surface area (Å²) in [7, 11) is 1.90. The molecule has 1 heterocycles. The highest BCUT2D eigenvalue weighted by Crippen LogP contribution is 2.23. The molecule has 0 bridgehead atoms. The first kappa shape index (κ1) is 14.1. The van der Waals surface area contributed by atoms with E-state index >= 15 is 0 Å². The van der Waals surface area contributed by atoms with Crippen molar-refractivity contribution in [2.75, 3.05) is 13.6 Å². The van der Waals surface area contributed by atoms with Crippen LogP contribution in [-0.2, 0) is 6.54 Å². The molecule has 0 saturated heterocycles. The average molecular weight is 282 g/mol. The molecule has 2 rings (SSSR count). The Hall–Kier alpha value is -1.30. The van der Waals surface area contributed by atoms with Crippen molar-refractivity contribution in [3.05, 3.63) is 57.8 Å².